The molecule has 31 heavy (non-hydrogen) atoms. The number of ether oxygens (including phenoxy) is 2. The quantitative estimate of drug-likeness (QED) is 0.645. The third-order valence-corrected chi connectivity index (χ3v) is 5.71. The molecule has 6 nitrogen and oxygen atoms in total. The van der Waals surface area contributed by atoms with E-state index in [0.717, 1.165) is 40.0 Å². The van der Waals surface area contributed by atoms with Crippen molar-refractivity contribution in [2.45, 2.75) is 39.6 Å². The standard InChI is InChI=1S/C25H29N3O3/c1-4-28-23-15-20(31-17(2)3)9-10-21(23)22(16-26)24(28)18-5-7-19(8-6-18)25(29)27-11-13-30-14-12-27/h5-10,15,17,25,29H,4,11-14H2,1-3H3. The van der Waals surface area contributed by atoms with E-state index in [4.69, 9.17) is 9.47 Å². The van der Waals surface area contributed by atoms with E-state index in [0.29, 0.717) is 31.9 Å². The molecule has 1 atom stereocenters. The van der Waals surface area contributed by atoms with Gasteiger partial charge in [0.25, 0.3) is 0 Å². The molecule has 0 amide bonds. The van der Waals surface area contributed by atoms with Gasteiger partial charge in [0.2, 0.25) is 0 Å². The van der Waals surface area contributed by atoms with E-state index >= 15 is 0 Å². The third-order valence-electron chi connectivity index (χ3n) is 5.71. The Morgan fingerprint density at radius 1 is 1.13 bits per heavy atom. The smallest absolute Gasteiger partial charge is 0.133 e. The first-order valence-electron chi connectivity index (χ1n) is 10.9. The number of rotatable bonds is 6. The second kappa shape index (κ2) is 9.11. The molecule has 1 aliphatic heterocycles. The van der Waals surface area contributed by atoms with Gasteiger partial charge in [-0.3, -0.25) is 4.90 Å². The highest BCUT2D eigenvalue weighted by Crippen LogP contribution is 2.36. The van der Waals surface area contributed by atoms with Crippen LogP contribution in [0.4, 0.5) is 0 Å². The summed E-state index contributed by atoms with van der Waals surface area (Å²) in [5, 5.41) is 21.6. The number of hydrogen-bond donors (Lipinski definition) is 1. The minimum Gasteiger partial charge on any atom is -0.491 e. The van der Waals surface area contributed by atoms with Crippen LogP contribution in [0, 0.1) is 11.3 Å². The van der Waals surface area contributed by atoms with E-state index in [1.54, 1.807) is 0 Å². The molecule has 0 bridgehead atoms. The number of aromatic nitrogens is 1. The molecule has 1 aromatic heterocycles. The number of aryl methyl sites for hydroxylation is 1. The molecule has 0 saturated carbocycles. The molecule has 4 rings (SSSR count). The lowest BCUT2D eigenvalue weighted by Crippen LogP contribution is -2.38. The molecule has 1 N–H and O–H groups in total. The predicted octanol–water partition coefficient (Wildman–Crippen LogP) is 4.31. The monoisotopic (exact) mass is 419 g/mol. The minimum atomic E-state index is -0.652. The van der Waals surface area contributed by atoms with Crippen LogP contribution >= 0.6 is 0 Å². The van der Waals surface area contributed by atoms with Crippen LogP contribution in [0.2, 0.25) is 0 Å². The van der Waals surface area contributed by atoms with Crippen LogP contribution in [-0.4, -0.2) is 47.0 Å². The molecule has 162 valence electrons. The Morgan fingerprint density at radius 2 is 1.84 bits per heavy atom. The topological polar surface area (TPSA) is 70.6 Å². The summed E-state index contributed by atoms with van der Waals surface area (Å²) in [4.78, 5) is 2.01. The van der Waals surface area contributed by atoms with Crippen molar-refractivity contribution in [3.8, 4) is 23.1 Å². The highest BCUT2D eigenvalue weighted by atomic mass is 16.5. The SMILES string of the molecule is CCn1c(-c2ccc(C(O)N3CCOCC3)cc2)c(C#N)c2ccc(OC(C)C)cc21. The van der Waals surface area contributed by atoms with Crippen LogP contribution < -0.4 is 4.74 Å². The Morgan fingerprint density at radius 3 is 2.45 bits per heavy atom. The lowest BCUT2D eigenvalue weighted by Gasteiger charge is -2.31. The molecular weight excluding hydrogens is 390 g/mol. The molecular formula is C25H29N3O3. The first kappa shape index (κ1) is 21.4. The summed E-state index contributed by atoms with van der Waals surface area (Å²) in [5.41, 5.74) is 4.35. The lowest BCUT2D eigenvalue weighted by atomic mass is 10.0. The van der Waals surface area contributed by atoms with E-state index in [9.17, 15) is 10.4 Å². The number of aliphatic hydroxyl groups excluding tert-OH is 1. The fourth-order valence-electron chi connectivity index (χ4n) is 4.26. The van der Waals surface area contributed by atoms with Crippen molar-refractivity contribution in [1.82, 2.24) is 9.47 Å². The van der Waals surface area contributed by atoms with Gasteiger partial charge in [-0.25, -0.2) is 0 Å². The van der Waals surface area contributed by atoms with Gasteiger partial charge in [0, 0.05) is 31.1 Å². The highest BCUT2D eigenvalue weighted by Gasteiger charge is 2.22. The van der Waals surface area contributed by atoms with Gasteiger partial charge in [-0.1, -0.05) is 24.3 Å². The van der Waals surface area contributed by atoms with E-state index in [1.165, 1.54) is 0 Å². The molecule has 2 heterocycles. The van der Waals surface area contributed by atoms with E-state index in [-0.39, 0.29) is 6.10 Å². The summed E-state index contributed by atoms with van der Waals surface area (Å²) in [7, 11) is 0. The van der Waals surface area contributed by atoms with Crippen LogP contribution in [0.25, 0.3) is 22.2 Å². The Labute approximate surface area is 183 Å². The Hall–Kier alpha value is -2.85. The third kappa shape index (κ3) is 4.17. The number of benzene rings is 2. The summed E-state index contributed by atoms with van der Waals surface area (Å²) < 4.78 is 13.4. The van der Waals surface area contributed by atoms with Gasteiger partial charge in [-0.2, -0.15) is 5.26 Å². The molecule has 1 fully saturated rings. The van der Waals surface area contributed by atoms with E-state index in [1.807, 2.05) is 61.2 Å². The van der Waals surface area contributed by atoms with Gasteiger partial charge >= 0.3 is 0 Å². The molecule has 2 aromatic carbocycles. The molecule has 0 aliphatic carbocycles. The van der Waals surface area contributed by atoms with Crippen LogP contribution in [0.1, 0.15) is 38.1 Å². The van der Waals surface area contributed by atoms with Gasteiger partial charge in [0.05, 0.1) is 36.1 Å². The number of nitrogens with zero attached hydrogens (tertiary/aromatic N) is 3. The fraction of sp³-hybridized carbons (Fsp3) is 0.400. The van der Waals surface area contributed by atoms with E-state index < -0.39 is 6.23 Å². The molecule has 1 saturated heterocycles. The maximum Gasteiger partial charge on any atom is 0.133 e. The van der Waals surface area contributed by atoms with Crippen LogP contribution in [0.3, 0.4) is 0 Å². The van der Waals surface area contributed by atoms with Crippen molar-refractivity contribution in [3.05, 3.63) is 53.6 Å². The molecule has 6 heteroatoms. The maximum atomic E-state index is 10.7. The highest BCUT2D eigenvalue weighted by molar-refractivity contribution is 5.95. The zero-order valence-corrected chi connectivity index (χ0v) is 18.3. The zero-order chi connectivity index (χ0) is 22.0. The number of fused-ring (bicyclic) bond motifs is 1. The van der Waals surface area contributed by atoms with Crippen molar-refractivity contribution in [2.75, 3.05) is 26.3 Å². The van der Waals surface area contributed by atoms with Gasteiger partial charge in [0.1, 0.15) is 18.0 Å². The second-order valence-electron chi connectivity index (χ2n) is 8.07. The van der Waals surface area contributed by atoms with Gasteiger partial charge in [-0.15, -0.1) is 0 Å². The average molecular weight is 420 g/mol. The summed E-state index contributed by atoms with van der Waals surface area (Å²) in [6, 6.07) is 16.2. The Balaban J connectivity index is 1.73. The van der Waals surface area contributed by atoms with E-state index in [2.05, 4.69) is 17.6 Å². The lowest BCUT2D eigenvalue weighted by molar-refractivity contribution is -0.0603. The maximum absolute atomic E-state index is 10.7. The number of hydrogen-bond acceptors (Lipinski definition) is 5. The first-order chi connectivity index (χ1) is 15.0. The van der Waals surface area contributed by atoms with Crippen LogP contribution in [0.5, 0.6) is 5.75 Å². The number of morpholine rings is 1. The largest absolute Gasteiger partial charge is 0.491 e. The first-order valence-corrected chi connectivity index (χ1v) is 10.9. The predicted molar refractivity (Wildman–Crippen MR) is 121 cm³/mol. The van der Waals surface area contributed by atoms with Gasteiger partial charge in [0.15, 0.2) is 0 Å². The summed E-state index contributed by atoms with van der Waals surface area (Å²) in [5.74, 6) is 0.801. The average Bonchev–Trinajstić information content (AvgIpc) is 3.11. The van der Waals surface area contributed by atoms with Crippen molar-refractivity contribution in [3.63, 3.8) is 0 Å². The minimum absolute atomic E-state index is 0.0860. The number of aliphatic hydroxyl groups is 1. The second-order valence-corrected chi connectivity index (χ2v) is 8.07. The van der Waals surface area contributed by atoms with Crippen LogP contribution in [-0.2, 0) is 11.3 Å². The van der Waals surface area contributed by atoms with Gasteiger partial charge < -0.3 is 19.1 Å². The van der Waals surface area contributed by atoms with Crippen molar-refractivity contribution in [1.29, 1.82) is 5.26 Å². The normalized spacial score (nSPS) is 15.9. The molecule has 3 aromatic rings. The summed E-state index contributed by atoms with van der Waals surface area (Å²) in [6.07, 6.45) is -0.566. The molecule has 0 spiro atoms. The summed E-state index contributed by atoms with van der Waals surface area (Å²) in [6.45, 7) is 9.52. The Bertz CT molecular complexity index is 1090. The summed E-state index contributed by atoms with van der Waals surface area (Å²) >= 11 is 0. The van der Waals surface area contributed by atoms with Crippen molar-refractivity contribution in [2.24, 2.45) is 0 Å². The van der Waals surface area contributed by atoms with Crippen LogP contribution in [0.15, 0.2) is 42.5 Å². The fourth-order valence-corrected chi connectivity index (χ4v) is 4.26. The molecule has 1 unspecified atom stereocenters. The zero-order valence-electron chi connectivity index (χ0n) is 18.3. The molecule has 0 radical (unpaired) electrons. The molecule has 1 aliphatic rings. The Kier molecular flexibility index (Phi) is 6.28. The van der Waals surface area contributed by atoms with Crippen molar-refractivity contribution < 1.29 is 14.6 Å². The number of nitriles is 1. The van der Waals surface area contributed by atoms with Crippen molar-refractivity contribution >= 4 is 10.9 Å². The van der Waals surface area contributed by atoms with Gasteiger partial charge in [-0.05, 0) is 44.0 Å².